The van der Waals surface area contributed by atoms with E-state index in [2.05, 4.69) is 12.8 Å². The van der Waals surface area contributed by atoms with Gasteiger partial charge >= 0.3 is 5.97 Å². The first-order valence-corrected chi connectivity index (χ1v) is 14.4. The van der Waals surface area contributed by atoms with Gasteiger partial charge in [-0.05, 0) is 78.9 Å². The summed E-state index contributed by atoms with van der Waals surface area (Å²) in [6.07, 6.45) is 14.2. The van der Waals surface area contributed by atoms with Gasteiger partial charge in [0.2, 0.25) is 0 Å². The molecule has 40 heavy (non-hydrogen) atoms. The molecular weight excluding hydrogens is 503 g/mol. The Morgan fingerprint density at radius 3 is 1.98 bits per heavy atom. The number of hydrogen-bond acceptors (Lipinski definition) is 4. The zero-order valence-electron chi connectivity index (χ0n) is 23.6. The maximum Gasteiger partial charge on any atom is 0.343 e. The van der Waals surface area contributed by atoms with E-state index in [0.29, 0.717) is 30.1 Å². The Bertz CT molecular complexity index is 1160. The van der Waals surface area contributed by atoms with Gasteiger partial charge in [-0.2, -0.15) is 0 Å². The average molecular weight is 545 g/mol. The van der Waals surface area contributed by atoms with Gasteiger partial charge in [0.05, 0.1) is 12.2 Å². The molecule has 0 fully saturated rings. The highest BCUT2D eigenvalue weighted by Crippen LogP contribution is 2.25. The van der Waals surface area contributed by atoms with Crippen LogP contribution < -0.4 is 14.2 Å². The van der Waals surface area contributed by atoms with Crippen LogP contribution in [0.15, 0.2) is 72.8 Å². The first-order valence-electron chi connectivity index (χ1n) is 14.4. The van der Waals surface area contributed by atoms with Crippen molar-refractivity contribution in [2.45, 2.75) is 77.3 Å². The van der Waals surface area contributed by atoms with Crippen LogP contribution in [0.3, 0.4) is 0 Å². The van der Waals surface area contributed by atoms with Crippen molar-refractivity contribution in [3.05, 3.63) is 78.4 Å². The molecule has 0 spiro atoms. The minimum Gasteiger partial charge on any atom is -0.494 e. The Balaban J connectivity index is 1.41. The van der Waals surface area contributed by atoms with Gasteiger partial charge in [-0.15, -0.1) is 12.3 Å². The Labute approximate surface area is 238 Å². The number of esters is 1. The molecule has 0 amide bonds. The highest BCUT2D eigenvalue weighted by atomic mass is 19.1. The van der Waals surface area contributed by atoms with E-state index >= 15 is 0 Å². The van der Waals surface area contributed by atoms with Gasteiger partial charge < -0.3 is 14.2 Å². The van der Waals surface area contributed by atoms with Gasteiger partial charge in [0.15, 0.2) is 0 Å². The van der Waals surface area contributed by atoms with E-state index in [9.17, 15) is 9.18 Å². The van der Waals surface area contributed by atoms with Crippen LogP contribution >= 0.6 is 0 Å². The third kappa shape index (κ3) is 11.1. The summed E-state index contributed by atoms with van der Waals surface area (Å²) in [5.41, 5.74) is 2.46. The third-order valence-electron chi connectivity index (χ3n) is 6.63. The summed E-state index contributed by atoms with van der Waals surface area (Å²) < 4.78 is 30.9. The zero-order chi connectivity index (χ0) is 28.4. The maximum absolute atomic E-state index is 14.0. The van der Waals surface area contributed by atoms with Gasteiger partial charge in [0, 0.05) is 6.42 Å². The Morgan fingerprint density at radius 1 is 0.750 bits per heavy atom. The van der Waals surface area contributed by atoms with Crippen molar-refractivity contribution >= 4 is 5.97 Å². The summed E-state index contributed by atoms with van der Waals surface area (Å²) >= 11 is 0. The predicted molar refractivity (Wildman–Crippen MR) is 160 cm³/mol. The second-order valence-corrected chi connectivity index (χ2v) is 9.94. The molecule has 0 radical (unpaired) electrons. The predicted octanol–water partition coefficient (Wildman–Crippen LogP) is 9.22. The van der Waals surface area contributed by atoms with Gasteiger partial charge in [0.1, 0.15) is 30.0 Å². The lowest BCUT2D eigenvalue weighted by atomic mass is 10.1. The minimum absolute atomic E-state index is 0.0201. The summed E-state index contributed by atoms with van der Waals surface area (Å²) in [6.45, 7) is 2.85. The normalized spacial score (nSPS) is 11.4. The van der Waals surface area contributed by atoms with Crippen LogP contribution in [0.25, 0.3) is 11.1 Å². The lowest BCUT2D eigenvalue weighted by Gasteiger charge is -2.11. The van der Waals surface area contributed by atoms with E-state index in [0.717, 1.165) is 74.7 Å². The smallest absolute Gasteiger partial charge is 0.343 e. The van der Waals surface area contributed by atoms with Crippen LogP contribution in [0.2, 0.25) is 0 Å². The molecule has 0 aliphatic rings. The monoisotopic (exact) mass is 544 g/mol. The lowest BCUT2D eigenvalue weighted by Crippen LogP contribution is -2.13. The van der Waals surface area contributed by atoms with Crippen molar-refractivity contribution in [3.8, 4) is 40.7 Å². The quantitative estimate of drug-likeness (QED) is 0.0693. The molecule has 0 N–H and O–H groups in total. The number of carbonyl (C=O) groups is 1. The average Bonchev–Trinajstić information content (AvgIpc) is 2.99. The van der Waals surface area contributed by atoms with Crippen molar-refractivity contribution in [2.24, 2.45) is 0 Å². The molecule has 0 bridgehead atoms. The van der Waals surface area contributed by atoms with Crippen LogP contribution in [0.5, 0.6) is 17.2 Å². The van der Waals surface area contributed by atoms with E-state index in [1.807, 2.05) is 36.4 Å². The number of hydrogen-bond donors (Lipinski definition) is 0. The first-order chi connectivity index (χ1) is 19.6. The summed E-state index contributed by atoms with van der Waals surface area (Å²) in [6, 6.07) is 21.9. The summed E-state index contributed by atoms with van der Waals surface area (Å²) in [5, 5.41) is 0. The van der Waals surface area contributed by atoms with Crippen LogP contribution in [0, 0.1) is 12.3 Å². The Kier molecular flexibility index (Phi) is 13.6. The van der Waals surface area contributed by atoms with Gasteiger partial charge in [-0.1, -0.05) is 69.7 Å². The van der Waals surface area contributed by atoms with E-state index in [4.69, 9.17) is 20.6 Å². The molecule has 5 heteroatoms. The molecule has 3 aromatic carbocycles. The molecule has 4 nitrogen and oxygen atoms in total. The number of alkyl halides is 1. The molecular formula is C35H41FO4. The topological polar surface area (TPSA) is 44.8 Å². The molecule has 0 aliphatic carbocycles. The van der Waals surface area contributed by atoms with Crippen molar-refractivity contribution in [2.75, 3.05) is 13.2 Å². The van der Waals surface area contributed by atoms with Crippen LogP contribution in [0.1, 0.15) is 81.5 Å². The van der Waals surface area contributed by atoms with Crippen molar-refractivity contribution in [1.82, 2.24) is 0 Å². The summed E-state index contributed by atoms with van der Waals surface area (Å²) in [7, 11) is 0. The first kappa shape index (κ1) is 30.8. The number of ether oxygens (including phenoxy) is 3. The standard InChI is InChI=1S/C35H41FO4/c1-3-5-7-9-10-12-26-38-32-20-14-28(15-21-32)29-16-24-34(25-17-29)40-35(37)30-18-22-33(23-19-30)39-27-31(36)13-11-8-6-4-2/h1,14-25,31H,4-13,26-27H2,2H3. The Hall–Kier alpha value is -3.78. The van der Waals surface area contributed by atoms with Crippen LogP contribution in [0.4, 0.5) is 4.39 Å². The van der Waals surface area contributed by atoms with Crippen LogP contribution in [-0.4, -0.2) is 25.4 Å². The second kappa shape index (κ2) is 17.7. The molecule has 0 saturated carbocycles. The molecule has 0 aromatic heterocycles. The largest absolute Gasteiger partial charge is 0.494 e. The molecule has 3 aromatic rings. The van der Waals surface area contributed by atoms with E-state index in [1.165, 1.54) is 0 Å². The highest BCUT2D eigenvalue weighted by Gasteiger charge is 2.11. The number of halogens is 1. The molecule has 1 atom stereocenters. The lowest BCUT2D eigenvalue weighted by molar-refractivity contribution is 0.0734. The second-order valence-electron chi connectivity index (χ2n) is 9.94. The third-order valence-corrected chi connectivity index (χ3v) is 6.63. The highest BCUT2D eigenvalue weighted by molar-refractivity contribution is 5.91. The maximum atomic E-state index is 14.0. The van der Waals surface area contributed by atoms with Gasteiger partial charge in [-0.25, -0.2) is 9.18 Å². The fourth-order valence-electron chi connectivity index (χ4n) is 4.25. The SMILES string of the molecule is C#CCCCCCCOc1ccc(-c2ccc(OC(=O)c3ccc(OCC(F)CCCCCC)cc3)cc2)cc1. The molecule has 1 unspecified atom stereocenters. The fourth-order valence-corrected chi connectivity index (χ4v) is 4.25. The van der Waals surface area contributed by atoms with Crippen molar-refractivity contribution < 1.29 is 23.4 Å². The van der Waals surface area contributed by atoms with Gasteiger partial charge in [0.25, 0.3) is 0 Å². The van der Waals surface area contributed by atoms with Crippen molar-refractivity contribution in [1.29, 1.82) is 0 Å². The molecule has 3 rings (SSSR count). The number of unbranched alkanes of at least 4 members (excludes halogenated alkanes) is 7. The summed E-state index contributed by atoms with van der Waals surface area (Å²) in [5.74, 6) is 4.05. The number of benzene rings is 3. The summed E-state index contributed by atoms with van der Waals surface area (Å²) in [4.78, 5) is 12.6. The van der Waals surface area contributed by atoms with E-state index < -0.39 is 12.1 Å². The molecule has 0 heterocycles. The number of terminal acetylenes is 1. The minimum atomic E-state index is -0.985. The van der Waals surface area contributed by atoms with E-state index in [1.54, 1.807) is 36.4 Å². The Morgan fingerprint density at radius 2 is 1.32 bits per heavy atom. The van der Waals surface area contributed by atoms with Crippen molar-refractivity contribution in [3.63, 3.8) is 0 Å². The number of carbonyl (C=O) groups excluding carboxylic acids is 1. The molecule has 0 aliphatic heterocycles. The molecule has 212 valence electrons. The number of rotatable bonds is 18. The van der Waals surface area contributed by atoms with Gasteiger partial charge in [-0.3, -0.25) is 0 Å². The van der Waals surface area contributed by atoms with Crippen LogP contribution in [-0.2, 0) is 0 Å². The molecule has 0 saturated heterocycles. The fraction of sp³-hybridized carbons (Fsp3) is 0.400. The van der Waals surface area contributed by atoms with E-state index in [-0.39, 0.29) is 6.61 Å². The zero-order valence-corrected chi connectivity index (χ0v) is 23.6.